The summed E-state index contributed by atoms with van der Waals surface area (Å²) in [5.74, 6) is 0.0371. The van der Waals surface area contributed by atoms with Gasteiger partial charge in [-0.15, -0.1) is 0 Å². The molecule has 4 rings (SSSR count). The summed E-state index contributed by atoms with van der Waals surface area (Å²) in [7, 11) is 0. The average molecular weight is 460 g/mol. The van der Waals surface area contributed by atoms with Gasteiger partial charge in [0, 0.05) is 12.1 Å². The van der Waals surface area contributed by atoms with E-state index in [0.717, 1.165) is 24.8 Å². The first-order valence-corrected chi connectivity index (χ1v) is 12.3. The van der Waals surface area contributed by atoms with E-state index in [1.165, 1.54) is 23.9 Å². The Morgan fingerprint density at radius 1 is 1.25 bits per heavy atom. The predicted octanol–water partition coefficient (Wildman–Crippen LogP) is 4.79. The summed E-state index contributed by atoms with van der Waals surface area (Å²) < 4.78 is 20.9. The highest BCUT2D eigenvalue weighted by Gasteiger charge is 2.35. The molecule has 0 saturated heterocycles. The molecule has 1 aliphatic carbocycles. The molecule has 8 heteroatoms. The number of aromatic nitrogens is 2. The van der Waals surface area contributed by atoms with Gasteiger partial charge in [-0.3, -0.25) is 9.36 Å². The van der Waals surface area contributed by atoms with E-state index in [9.17, 15) is 14.0 Å². The Hall–Kier alpha value is -2.35. The summed E-state index contributed by atoms with van der Waals surface area (Å²) in [6, 6.07) is 6.29. The molecule has 0 bridgehead atoms. The van der Waals surface area contributed by atoms with Crippen LogP contribution in [-0.4, -0.2) is 38.9 Å². The van der Waals surface area contributed by atoms with E-state index in [4.69, 9.17) is 9.72 Å². The average Bonchev–Trinajstić information content (AvgIpc) is 2.70. The zero-order valence-corrected chi connectivity index (χ0v) is 19.9. The van der Waals surface area contributed by atoms with Crippen LogP contribution in [0, 0.1) is 11.7 Å². The number of carbonyl (C=O) groups excluding carboxylic acids is 1. The van der Waals surface area contributed by atoms with E-state index < -0.39 is 11.7 Å². The maximum Gasteiger partial charge on any atom is 0.410 e. The number of ether oxygens (including phenoxy) is 1. The molecule has 1 atom stereocenters. The SMILES string of the molecule is CSc1nc2c(c(=O)n1C(c1ccc(F)cc1)C1CCC1)CCN(C(=O)OC(C)(C)C)C2. The van der Waals surface area contributed by atoms with E-state index in [1.807, 2.05) is 31.6 Å². The lowest BCUT2D eigenvalue weighted by atomic mass is 9.77. The molecule has 2 aromatic rings. The molecule has 0 spiro atoms. The third kappa shape index (κ3) is 4.56. The van der Waals surface area contributed by atoms with Crippen molar-refractivity contribution in [2.75, 3.05) is 12.8 Å². The van der Waals surface area contributed by atoms with Gasteiger partial charge >= 0.3 is 6.09 Å². The normalized spacial score (nSPS) is 17.5. The Morgan fingerprint density at radius 3 is 2.50 bits per heavy atom. The number of carbonyl (C=O) groups is 1. The second-order valence-corrected chi connectivity index (χ2v) is 10.3. The van der Waals surface area contributed by atoms with Crippen LogP contribution in [0.1, 0.15) is 62.9 Å². The van der Waals surface area contributed by atoms with Gasteiger partial charge in [0.1, 0.15) is 11.4 Å². The number of rotatable bonds is 4. The molecule has 32 heavy (non-hydrogen) atoms. The van der Waals surface area contributed by atoms with Gasteiger partial charge < -0.3 is 9.64 Å². The molecule has 1 aliphatic heterocycles. The number of hydrogen-bond donors (Lipinski definition) is 0. The monoisotopic (exact) mass is 459 g/mol. The molecule has 6 nitrogen and oxygen atoms in total. The van der Waals surface area contributed by atoms with Crippen LogP contribution >= 0.6 is 11.8 Å². The first-order chi connectivity index (χ1) is 15.2. The zero-order chi connectivity index (χ0) is 23.0. The Morgan fingerprint density at radius 2 is 1.94 bits per heavy atom. The second-order valence-electron chi connectivity index (χ2n) is 9.54. The molecular weight excluding hydrogens is 429 g/mol. The molecule has 0 N–H and O–H groups in total. The second kappa shape index (κ2) is 8.89. The van der Waals surface area contributed by atoms with Crippen molar-refractivity contribution in [3.63, 3.8) is 0 Å². The first-order valence-electron chi connectivity index (χ1n) is 11.1. The maximum absolute atomic E-state index is 13.7. The van der Waals surface area contributed by atoms with Crippen molar-refractivity contribution in [1.29, 1.82) is 0 Å². The zero-order valence-electron chi connectivity index (χ0n) is 19.1. The van der Waals surface area contributed by atoms with Crippen LogP contribution in [-0.2, 0) is 17.7 Å². The van der Waals surface area contributed by atoms with Crippen molar-refractivity contribution < 1.29 is 13.9 Å². The summed E-state index contributed by atoms with van der Waals surface area (Å²) in [6.07, 6.45) is 5.16. The fourth-order valence-corrected chi connectivity index (χ4v) is 4.99. The molecule has 0 radical (unpaired) electrons. The van der Waals surface area contributed by atoms with Gasteiger partial charge in [0.25, 0.3) is 5.56 Å². The fourth-order valence-electron chi connectivity index (χ4n) is 4.40. The van der Waals surface area contributed by atoms with Crippen molar-refractivity contribution in [1.82, 2.24) is 14.5 Å². The van der Waals surface area contributed by atoms with Gasteiger partial charge in [0.2, 0.25) is 0 Å². The van der Waals surface area contributed by atoms with E-state index in [-0.39, 0.29) is 24.0 Å². The molecule has 1 aromatic heterocycles. The summed E-state index contributed by atoms with van der Waals surface area (Å²) in [5, 5.41) is 0.626. The van der Waals surface area contributed by atoms with E-state index in [1.54, 1.807) is 17.0 Å². The Bertz CT molecular complexity index is 1060. The quantitative estimate of drug-likeness (QED) is 0.486. The predicted molar refractivity (Wildman–Crippen MR) is 123 cm³/mol. The van der Waals surface area contributed by atoms with Crippen LogP contribution in [0.5, 0.6) is 0 Å². The molecule has 1 fully saturated rings. The third-order valence-electron chi connectivity index (χ3n) is 6.15. The van der Waals surface area contributed by atoms with Crippen LogP contribution in [0.2, 0.25) is 0 Å². The fraction of sp³-hybridized carbons (Fsp3) is 0.542. The van der Waals surface area contributed by atoms with Gasteiger partial charge in [0.15, 0.2) is 5.16 Å². The van der Waals surface area contributed by atoms with Crippen LogP contribution in [0.3, 0.4) is 0 Å². The van der Waals surface area contributed by atoms with Crippen molar-refractivity contribution in [2.45, 2.75) is 69.8 Å². The Balaban J connectivity index is 1.73. The molecule has 1 saturated carbocycles. The molecule has 172 valence electrons. The summed E-state index contributed by atoms with van der Waals surface area (Å²) in [4.78, 5) is 32.7. The largest absolute Gasteiger partial charge is 0.444 e. The minimum absolute atomic E-state index is 0.0515. The lowest BCUT2D eigenvalue weighted by Crippen LogP contribution is -2.44. The first kappa shape index (κ1) is 22.8. The van der Waals surface area contributed by atoms with Gasteiger partial charge in [-0.2, -0.15) is 0 Å². The highest BCUT2D eigenvalue weighted by molar-refractivity contribution is 7.98. The van der Waals surface area contributed by atoms with E-state index in [2.05, 4.69) is 0 Å². The minimum atomic E-state index is -0.580. The van der Waals surface area contributed by atoms with Crippen molar-refractivity contribution >= 4 is 17.9 Å². The highest BCUT2D eigenvalue weighted by atomic mass is 32.2. The third-order valence-corrected chi connectivity index (χ3v) is 6.81. The number of fused-ring (bicyclic) bond motifs is 1. The van der Waals surface area contributed by atoms with Crippen LogP contribution in [0.4, 0.5) is 9.18 Å². The summed E-state index contributed by atoms with van der Waals surface area (Å²) in [5.41, 5.74) is 1.60. The van der Waals surface area contributed by atoms with Gasteiger partial charge in [-0.05, 0) is 69.9 Å². The molecule has 2 aliphatic rings. The van der Waals surface area contributed by atoms with Crippen LogP contribution < -0.4 is 5.56 Å². The Kier molecular flexibility index (Phi) is 6.34. The molecule has 1 aromatic carbocycles. The van der Waals surface area contributed by atoms with E-state index in [0.29, 0.717) is 35.3 Å². The number of hydrogen-bond acceptors (Lipinski definition) is 5. The van der Waals surface area contributed by atoms with Gasteiger partial charge in [0.05, 0.1) is 18.3 Å². The molecule has 1 unspecified atom stereocenters. The topological polar surface area (TPSA) is 64.4 Å². The lowest BCUT2D eigenvalue weighted by molar-refractivity contribution is 0.0219. The minimum Gasteiger partial charge on any atom is -0.444 e. The molecule has 1 amide bonds. The number of benzene rings is 1. The maximum atomic E-state index is 13.7. The smallest absolute Gasteiger partial charge is 0.410 e. The van der Waals surface area contributed by atoms with Crippen LogP contribution in [0.25, 0.3) is 0 Å². The van der Waals surface area contributed by atoms with Crippen LogP contribution in [0.15, 0.2) is 34.2 Å². The summed E-state index contributed by atoms with van der Waals surface area (Å²) in [6.45, 7) is 6.19. The van der Waals surface area contributed by atoms with Crippen molar-refractivity contribution in [2.24, 2.45) is 5.92 Å². The van der Waals surface area contributed by atoms with E-state index >= 15 is 0 Å². The number of halogens is 1. The summed E-state index contributed by atoms with van der Waals surface area (Å²) >= 11 is 1.42. The molecular formula is C24H30FN3O3S. The number of nitrogens with zero attached hydrogens (tertiary/aromatic N) is 3. The van der Waals surface area contributed by atoms with Crippen molar-refractivity contribution in [3.05, 3.63) is 57.3 Å². The standard InChI is InChI=1S/C24H30FN3O3S/c1-24(2,3)31-23(30)27-13-12-18-19(14-27)26-22(32-4)28(21(18)29)20(15-6-5-7-15)16-8-10-17(25)11-9-16/h8-11,15,20H,5-7,12-14H2,1-4H3. The number of thioether (sulfide) groups is 1. The van der Waals surface area contributed by atoms with Crippen molar-refractivity contribution in [3.8, 4) is 0 Å². The van der Waals surface area contributed by atoms with Gasteiger partial charge in [-0.25, -0.2) is 14.2 Å². The lowest BCUT2D eigenvalue weighted by Gasteiger charge is -2.37. The molecule has 2 heterocycles. The highest BCUT2D eigenvalue weighted by Crippen LogP contribution is 2.41. The Labute approximate surface area is 192 Å². The number of amides is 1. The van der Waals surface area contributed by atoms with Gasteiger partial charge in [-0.1, -0.05) is 30.3 Å².